The van der Waals surface area contributed by atoms with Crippen molar-refractivity contribution in [3.05, 3.63) is 41.6 Å². The Balaban J connectivity index is 2.39. The molecular weight excluding hydrogens is 235 g/mol. The van der Waals surface area contributed by atoms with Gasteiger partial charge >= 0.3 is 5.97 Å². The van der Waals surface area contributed by atoms with Gasteiger partial charge in [0, 0.05) is 11.8 Å². The van der Waals surface area contributed by atoms with E-state index in [1.807, 2.05) is 0 Å². The number of nitrogens with zero attached hydrogens (tertiary/aromatic N) is 2. The number of aryl methyl sites for hydroxylation is 2. The molecule has 0 aliphatic rings. The highest BCUT2D eigenvalue weighted by molar-refractivity contribution is 5.67. The summed E-state index contributed by atoms with van der Waals surface area (Å²) >= 11 is 0. The first-order valence-corrected chi connectivity index (χ1v) is 5.49. The van der Waals surface area contributed by atoms with Gasteiger partial charge in [-0.3, -0.25) is 4.79 Å². The van der Waals surface area contributed by atoms with E-state index in [4.69, 9.17) is 5.11 Å². The largest absolute Gasteiger partial charge is 0.480 e. The lowest BCUT2D eigenvalue weighted by atomic mass is 10.1. The number of hydrogen-bond acceptors (Lipinski definition) is 2. The normalized spacial score (nSPS) is 10.6. The van der Waals surface area contributed by atoms with Crippen LogP contribution in [0.1, 0.15) is 11.4 Å². The Morgan fingerprint density at radius 2 is 2.17 bits per heavy atom. The molecule has 2 aromatic rings. The van der Waals surface area contributed by atoms with Gasteiger partial charge in [0.2, 0.25) is 0 Å². The van der Waals surface area contributed by atoms with E-state index in [1.165, 1.54) is 6.07 Å². The molecule has 0 unspecified atom stereocenters. The third-order valence-electron chi connectivity index (χ3n) is 2.74. The minimum absolute atomic E-state index is 0.126. The maximum absolute atomic E-state index is 13.2. The highest BCUT2D eigenvalue weighted by Crippen LogP contribution is 2.21. The third-order valence-corrected chi connectivity index (χ3v) is 2.74. The summed E-state index contributed by atoms with van der Waals surface area (Å²) in [6, 6.07) is 4.72. The molecule has 1 N–H and O–H groups in total. The first-order chi connectivity index (χ1) is 8.47. The maximum Gasteiger partial charge on any atom is 0.323 e. The lowest BCUT2D eigenvalue weighted by Gasteiger charge is -2.00. The van der Waals surface area contributed by atoms with Gasteiger partial charge < -0.3 is 9.67 Å². The summed E-state index contributed by atoms with van der Waals surface area (Å²) in [5.74, 6) is -0.563. The molecule has 1 heterocycles. The number of imidazole rings is 1. The molecule has 0 saturated carbocycles. The molecule has 0 aliphatic heterocycles. The number of halogens is 1. The second kappa shape index (κ2) is 4.60. The van der Waals surface area contributed by atoms with Gasteiger partial charge in [-0.1, -0.05) is 0 Å². The summed E-state index contributed by atoms with van der Waals surface area (Å²) in [5.41, 5.74) is 1.97. The van der Waals surface area contributed by atoms with Crippen LogP contribution in [0, 0.1) is 19.7 Å². The SMILES string of the molecule is Cc1cc(-c2cn(CC(=O)O)c(C)n2)ccc1F. The van der Waals surface area contributed by atoms with Crippen LogP contribution < -0.4 is 0 Å². The summed E-state index contributed by atoms with van der Waals surface area (Å²) in [6.07, 6.45) is 1.66. The number of carboxylic acids is 1. The van der Waals surface area contributed by atoms with Gasteiger partial charge in [-0.05, 0) is 37.6 Å². The Bertz CT molecular complexity index is 605. The van der Waals surface area contributed by atoms with E-state index in [2.05, 4.69) is 4.98 Å². The molecule has 94 valence electrons. The second-order valence-corrected chi connectivity index (χ2v) is 4.16. The fourth-order valence-corrected chi connectivity index (χ4v) is 1.76. The molecule has 0 spiro atoms. The van der Waals surface area contributed by atoms with Gasteiger partial charge in [0.15, 0.2) is 0 Å². The number of aromatic nitrogens is 2. The van der Waals surface area contributed by atoms with E-state index >= 15 is 0 Å². The van der Waals surface area contributed by atoms with Gasteiger partial charge in [-0.15, -0.1) is 0 Å². The molecule has 0 radical (unpaired) electrons. The molecule has 0 amide bonds. The zero-order valence-corrected chi connectivity index (χ0v) is 10.1. The average molecular weight is 248 g/mol. The topological polar surface area (TPSA) is 55.1 Å². The fourth-order valence-electron chi connectivity index (χ4n) is 1.76. The summed E-state index contributed by atoms with van der Waals surface area (Å²) in [4.78, 5) is 14.9. The molecule has 5 heteroatoms. The molecule has 1 aromatic heterocycles. The maximum atomic E-state index is 13.2. The van der Waals surface area contributed by atoms with Crippen LogP contribution in [-0.4, -0.2) is 20.6 Å². The predicted molar refractivity (Wildman–Crippen MR) is 64.7 cm³/mol. The van der Waals surface area contributed by atoms with Crippen LogP contribution in [0.2, 0.25) is 0 Å². The Kier molecular flexibility index (Phi) is 3.14. The number of carboxylic acid groups (broad SMARTS) is 1. The van der Waals surface area contributed by atoms with E-state index in [0.29, 0.717) is 17.1 Å². The standard InChI is InChI=1S/C13H13FN2O2/c1-8-5-10(3-4-11(8)14)12-6-16(7-13(17)18)9(2)15-12/h3-6H,7H2,1-2H3,(H,17,18). The quantitative estimate of drug-likeness (QED) is 0.907. The Hall–Kier alpha value is -2.17. The number of carbonyl (C=O) groups is 1. The number of hydrogen-bond donors (Lipinski definition) is 1. The minimum atomic E-state index is -0.919. The van der Waals surface area contributed by atoms with Crippen molar-refractivity contribution in [1.29, 1.82) is 0 Å². The van der Waals surface area contributed by atoms with E-state index in [0.717, 1.165) is 5.56 Å². The molecule has 4 nitrogen and oxygen atoms in total. The molecule has 18 heavy (non-hydrogen) atoms. The van der Waals surface area contributed by atoms with Gasteiger partial charge in [-0.25, -0.2) is 9.37 Å². The monoisotopic (exact) mass is 248 g/mol. The van der Waals surface area contributed by atoms with Crippen LogP contribution in [-0.2, 0) is 11.3 Å². The van der Waals surface area contributed by atoms with Crippen molar-refractivity contribution in [3.63, 3.8) is 0 Å². The highest BCUT2D eigenvalue weighted by atomic mass is 19.1. The van der Waals surface area contributed by atoms with Crippen LogP contribution in [0.5, 0.6) is 0 Å². The van der Waals surface area contributed by atoms with Crippen molar-refractivity contribution in [2.45, 2.75) is 20.4 Å². The fraction of sp³-hybridized carbons (Fsp3) is 0.231. The van der Waals surface area contributed by atoms with Crippen LogP contribution in [0.3, 0.4) is 0 Å². The summed E-state index contributed by atoms with van der Waals surface area (Å²) in [6.45, 7) is 3.29. The molecular formula is C13H13FN2O2. The van der Waals surface area contributed by atoms with Crippen molar-refractivity contribution in [2.75, 3.05) is 0 Å². The zero-order chi connectivity index (χ0) is 13.3. The number of benzene rings is 1. The van der Waals surface area contributed by atoms with Gasteiger partial charge in [0.05, 0.1) is 5.69 Å². The Morgan fingerprint density at radius 1 is 1.44 bits per heavy atom. The van der Waals surface area contributed by atoms with Crippen molar-refractivity contribution in [2.24, 2.45) is 0 Å². The van der Waals surface area contributed by atoms with Crippen LogP contribution in [0.25, 0.3) is 11.3 Å². The molecule has 0 saturated heterocycles. The van der Waals surface area contributed by atoms with Crippen molar-refractivity contribution >= 4 is 5.97 Å². The summed E-state index contributed by atoms with van der Waals surface area (Å²) in [5, 5.41) is 8.75. The third kappa shape index (κ3) is 2.40. The van der Waals surface area contributed by atoms with Crippen molar-refractivity contribution in [3.8, 4) is 11.3 Å². The molecule has 0 aliphatic carbocycles. The van der Waals surface area contributed by atoms with Crippen LogP contribution >= 0.6 is 0 Å². The van der Waals surface area contributed by atoms with Crippen molar-refractivity contribution < 1.29 is 14.3 Å². The Labute approximate surface area is 104 Å². The predicted octanol–water partition coefficient (Wildman–Crippen LogP) is 2.39. The first-order valence-electron chi connectivity index (χ1n) is 5.49. The molecule has 0 bridgehead atoms. The number of rotatable bonds is 3. The molecule has 2 rings (SSSR count). The smallest absolute Gasteiger partial charge is 0.323 e. The summed E-state index contributed by atoms with van der Waals surface area (Å²) in [7, 11) is 0. The lowest BCUT2D eigenvalue weighted by Crippen LogP contribution is -2.08. The highest BCUT2D eigenvalue weighted by Gasteiger charge is 2.09. The van der Waals surface area contributed by atoms with Crippen molar-refractivity contribution in [1.82, 2.24) is 9.55 Å². The molecule has 0 fully saturated rings. The second-order valence-electron chi connectivity index (χ2n) is 4.16. The van der Waals surface area contributed by atoms with E-state index in [1.54, 1.807) is 36.7 Å². The van der Waals surface area contributed by atoms with E-state index in [-0.39, 0.29) is 12.4 Å². The first kappa shape index (κ1) is 12.3. The Morgan fingerprint density at radius 3 is 2.78 bits per heavy atom. The zero-order valence-electron chi connectivity index (χ0n) is 10.1. The van der Waals surface area contributed by atoms with Crippen LogP contribution in [0.4, 0.5) is 4.39 Å². The van der Waals surface area contributed by atoms with E-state index in [9.17, 15) is 9.18 Å². The molecule has 0 atom stereocenters. The number of aliphatic carboxylic acids is 1. The molecule has 1 aromatic carbocycles. The lowest BCUT2D eigenvalue weighted by molar-refractivity contribution is -0.137. The van der Waals surface area contributed by atoms with Gasteiger partial charge in [-0.2, -0.15) is 0 Å². The minimum Gasteiger partial charge on any atom is -0.480 e. The average Bonchev–Trinajstić information content (AvgIpc) is 2.63. The van der Waals surface area contributed by atoms with Gasteiger partial charge in [0.25, 0.3) is 0 Å². The van der Waals surface area contributed by atoms with Crippen LogP contribution in [0.15, 0.2) is 24.4 Å². The van der Waals surface area contributed by atoms with Gasteiger partial charge in [0.1, 0.15) is 18.2 Å². The van der Waals surface area contributed by atoms with E-state index < -0.39 is 5.97 Å². The summed E-state index contributed by atoms with van der Waals surface area (Å²) < 4.78 is 14.7.